The summed E-state index contributed by atoms with van der Waals surface area (Å²) in [6.45, 7) is 4.07. The van der Waals surface area contributed by atoms with Gasteiger partial charge in [-0.3, -0.25) is 4.90 Å². The minimum Gasteiger partial charge on any atom is -0.490 e. The molecule has 1 aromatic carbocycles. The number of rotatable bonds is 8. The maximum absolute atomic E-state index is 13.7. The molecule has 0 unspecified atom stereocenters. The van der Waals surface area contributed by atoms with Crippen LogP contribution in [0.4, 0.5) is 10.1 Å². The van der Waals surface area contributed by atoms with E-state index in [2.05, 4.69) is 19.7 Å². The van der Waals surface area contributed by atoms with Crippen LogP contribution in [0.3, 0.4) is 0 Å². The number of esters is 2. The molecule has 0 atom stereocenters. The molecule has 2 rings (SSSR count). The van der Waals surface area contributed by atoms with Crippen molar-refractivity contribution in [2.45, 2.75) is 0 Å². The molecule has 27 heavy (non-hydrogen) atoms. The van der Waals surface area contributed by atoms with Crippen molar-refractivity contribution in [3.63, 3.8) is 0 Å². The van der Waals surface area contributed by atoms with Crippen LogP contribution >= 0.6 is 0 Å². The van der Waals surface area contributed by atoms with E-state index in [1.165, 1.54) is 26.4 Å². The Balaban J connectivity index is 2.09. The quantitative estimate of drug-likeness (QED) is 0.530. The van der Waals surface area contributed by atoms with Gasteiger partial charge in [0.1, 0.15) is 23.9 Å². The Morgan fingerprint density at radius 1 is 1.26 bits per heavy atom. The molecule has 0 amide bonds. The SMILES string of the molecule is COC(=O)/C=C(/Nc1cc(F)ccc1OCCN1CCOCC1)C(=O)OC. The Morgan fingerprint density at radius 2 is 2.00 bits per heavy atom. The average Bonchev–Trinajstić information content (AvgIpc) is 2.69. The summed E-state index contributed by atoms with van der Waals surface area (Å²) in [6, 6.07) is 3.86. The molecular weight excluding hydrogens is 359 g/mol. The molecule has 148 valence electrons. The molecule has 1 saturated heterocycles. The number of carbonyl (C=O) groups excluding carboxylic acids is 2. The lowest BCUT2D eigenvalue weighted by molar-refractivity contribution is -0.138. The molecule has 1 aromatic rings. The molecule has 0 spiro atoms. The number of methoxy groups -OCH3 is 2. The van der Waals surface area contributed by atoms with Crippen molar-refractivity contribution in [2.75, 3.05) is 59.0 Å². The van der Waals surface area contributed by atoms with Gasteiger partial charge in [0.25, 0.3) is 0 Å². The van der Waals surface area contributed by atoms with Crippen LogP contribution in [0.15, 0.2) is 30.0 Å². The molecule has 1 aliphatic rings. The second-order valence-electron chi connectivity index (χ2n) is 5.64. The fraction of sp³-hybridized carbons (Fsp3) is 0.444. The van der Waals surface area contributed by atoms with Crippen molar-refractivity contribution >= 4 is 17.6 Å². The van der Waals surface area contributed by atoms with Gasteiger partial charge in [-0.1, -0.05) is 0 Å². The van der Waals surface area contributed by atoms with Gasteiger partial charge in [0, 0.05) is 25.7 Å². The van der Waals surface area contributed by atoms with Gasteiger partial charge < -0.3 is 24.3 Å². The van der Waals surface area contributed by atoms with Crippen LogP contribution in [0.25, 0.3) is 0 Å². The van der Waals surface area contributed by atoms with Crippen molar-refractivity contribution in [1.82, 2.24) is 4.90 Å². The highest BCUT2D eigenvalue weighted by Gasteiger charge is 2.16. The largest absolute Gasteiger partial charge is 0.490 e. The molecule has 0 aromatic heterocycles. The number of nitrogens with one attached hydrogen (secondary N) is 1. The third-order valence-corrected chi connectivity index (χ3v) is 3.85. The molecule has 0 saturated carbocycles. The van der Waals surface area contributed by atoms with Gasteiger partial charge in [0.2, 0.25) is 0 Å². The van der Waals surface area contributed by atoms with Gasteiger partial charge in [-0.05, 0) is 12.1 Å². The van der Waals surface area contributed by atoms with Gasteiger partial charge >= 0.3 is 11.9 Å². The predicted octanol–water partition coefficient (Wildman–Crippen LogP) is 1.18. The number of morpholine rings is 1. The maximum Gasteiger partial charge on any atom is 0.354 e. The van der Waals surface area contributed by atoms with Crippen LogP contribution < -0.4 is 10.1 Å². The first-order valence-electron chi connectivity index (χ1n) is 8.41. The molecule has 8 nitrogen and oxygen atoms in total. The topological polar surface area (TPSA) is 86.3 Å². The highest BCUT2D eigenvalue weighted by molar-refractivity contribution is 5.99. The van der Waals surface area contributed by atoms with E-state index in [1.807, 2.05) is 0 Å². The number of nitrogens with zero attached hydrogens (tertiary/aromatic N) is 1. The van der Waals surface area contributed by atoms with Crippen LogP contribution in [0.5, 0.6) is 5.75 Å². The first kappa shape index (κ1) is 20.7. The lowest BCUT2D eigenvalue weighted by atomic mass is 10.2. The zero-order chi connectivity index (χ0) is 19.6. The van der Waals surface area contributed by atoms with E-state index < -0.39 is 17.8 Å². The first-order chi connectivity index (χ1) is 13.0. The summed E-state index contributed by atoms with van der Waals surface area (Å²) in [5.74, 6) is -1.75. The minimum atomic E-state index is -0.802. The molecule has 1 N–H and O–H groups in total. The molecule has 0 aliphatic carbocycles. The zero-order valence-corrected chi connectivity index (χ0v) is 15.3. The standard InChI is InChI=1S/C18H23FN2O6/c1-24-17(22)12-15(18(23)25-2)20-14-11-13(19)3-4-16(14)27-10-7-21-5-8-26-9-6-21/h3-4,11-12,20H,5-10H2,1-2H3/b15-12+. The Labute approximate surface area is 156 Å². The van der Waals surface area contributed by atoms with Crippen molar-refractivity contribution in [2.24, 2.45) is 0 Å². The van der Waals surface area contributed by atoms with E-state index in [0.29, 0.717) is 32.1 Å². The van der Waals surface area contributed by atoms with Crippen molar-refractivity contribution in [1.29, 1.82) is 0 Å². The van der Waals surface area contributed by atoms with E-state index in [1.54, 1.807) is 0 Å². The second-order valence-corrected chi connectivity index (χ2v) is 5.64. The van der Waals surface area contributed by atoms with E-state index in [9.17, 15) is 14.0 Å². The van der Waals surface area contributed by atoms with Crippen molar-refractivity contribution < 1.29 is 32.9 Å². The number of ether oxygens (including phenoxy) is 4. The van der Waals surface area contributed by atoms with E-state index in [-0.39, 0.29) is 11.4 Å². The average molecular weight is 382 g/mol. The number of anilines is 1. The van der Waals surface area contributed by atoms with E-state index in [4.69, 9.17) is 9.47 Å². The van der Waals surface area contributed by atoms with E-state index >= 15 is 0 Å². The number of carbonyl (C=O) groups is 2. The Bertz CT molecular complexity index is 688. The molecule has 1 fully saturated rings. The van der Waals surface area contributed by atoms with Crippen molar-refractivity contribution in [3.05, 3.63) is 35.8 Å². The summed E-state index contributed by atoms with van der Waals surface area (Å²) in [7, 11) is 2.34. The highest BCUT2D eigenvalue weighted by atomic mass is 19.1. The Kier molecular flexibility index (Phi) is 8.02. The van der Waals surface area contributed by atoms with Crippen LogP contribution in [-0.2, 0) is 23.8 Å². The van der Waals surface area contributed by atoms with Gasteiger partial charge in [-0.15, -0.1) is 0 Å². The maximum atomic E-state index is 13.7. The Morgan fingerprint density at radius 3 is 2.67 bits per heavy atom. The zero-order valence-electron chi connectivity index (χ0n) is 15.3. The minimum absolute atomic E-state index is 0.192. The lowest BCUT2D eigenvalue weighted by Crippen LogP contribution is -2.38. The fourth-order valence-electron chi connectivity index (χ4n) is 2.41. The monoisotopic (exact) mass is 382 g/mol. The van der Waals surface area contributed by atoms with Crippen LogP contribution in [0.2, 0.25) is 0 Å². The molecule has 0 bridgehead atoms. The van der Waals surface area contributed by atoms with Crippen LogP contribution in [0, 0.1) is 5.82 Å². The third-order valence-electron chi connectivity index (χ3n) is 3.85. The summed E-state index contributed by atoms with van der Waals surface area (Å²) in [5, 5.41) is 2.68. The normalized spacial score (nSPS) is 15.1. The number of hydrogen-bond acceptors (Lipinski definition) is 8. The summed E-state index contributed by atoms with van der Waals surface area (Å²) in [6.07, 6.45) is 0.925. The molecular formula is C18H23FN2O6. The summed E-state index contributed by atoms with van der Waals surface area (Å²) in [5.41, 5.74) is -0.00879. The summed E-state index contributed by atoms with van der Waals surface area (Å²) < 4.78 is 33.8. The highest BCUT2D eigenvalue weighted by Crippen LogP contribution is 2.27. The fourth-order valence-corrected chi connectivity index (χ4v) is 2.41. The number of benzene rings is 1. The number of halogens is 1. The smallest absolute Gasteiger partial charge is 0.354 e. The van der Waals surface area contributed by atoms with Gasteiger partial charge in [0.05, 0.1) is 39.2 Å². The second kappa shape index (κ2) is 10.5. The van der Waals surface area contributed by atoms with Gasteiger partial charge in [0.15, 0.2) is 0 Å². The molecule has 0 radical (unpaired) electrons. The molecule has 1 heterocycles. The summed E-state index contributed by atoms with van der Waals surface area (Å²) >= 11 is 0. The number of hydrogen-bond donors (Lipinski definition) is 1. The molecule has 1 aliphatic heterocycles. The first-order valence-corrected chi connectivity index (χ1v) is 8.41. The van der Waals surface area contributed by atoms with Crippen molar-refractivity contribution in [3.8, 4) is 5.75 Å². The third kappa shape index (κ3) is 6.54. The van der Waals surface area contributed by atoms with Crippen LogP contribution in [-0.4, -0.2) is 70.5 Å². The van der Waals surface area contributed by atoms with E-state index in [0.717, 1.165) is 25.2 Å². The van der Waals surface area contributed by atoms with Crippen LogP contribution in [0.1, 0.15) is 0 Å². The van der Waals surface area contributed by atoms with Gasteiger partial charge in [-0.25, -0.2) is 14.0 Å². The lowest BCUT2D eigenvalue weighted by Gasteiger charge is -2.26. The summed E-state index contributed by atoms with van der Waals surface area (Å²) in [4.78, 5) is 25.5. The predicted molar refractivity (Wildman–Crippen MR) is 94.9 cm³/mol. The molecule has 9 heteroatoms. The van der Waals surface area contributed by atoms with Gasteiger partial charge in [-0.2, -0.15) is 0 Å². The Hall–Kier alpha value is -2.65.